The van der Waals surface area contributed by atoms with Gasteiger partial charge in [-0.2, -0.15) is 5.10 Å². The molecule has 1 saturated carbocycles. The quantitative estimate of drug-likeness (QED) is 0.175. The van der Waals surface area contributed by atoms with Crippen molar-refractivity contribution < 1.29 is 18.4 Å². The van der Waals surface area contributed by atoms with E-state index in [1.807, 2.05) is 23.0 Å². The van der Waals surface area contributed by atoms with Crippen LogP contribution in [-0.4, -0.2) is 81.5 Å². The average Bonchev–Trinajstić information content (AvgIpc) is 3.78. The molecule has 0 spiro atoms. The summed E-state index contributed by atoms with van der Waals surface area (Å²) in [6.07, 6.45) is 14.0. The molecule has 1 amide bonds. The van der Waals surface area contributed by atoms with Crippen molar-refractivity contribution in [1.82, 2.24) is 34.4 Å². The van der Waals surface area contributed by atoms with E-state index in [-0.39, 0.29) is 17.4 Å². The van der Waals surface area contributed by atoms with Gasteiger partial charge in [0.15, 0.2) is 11.5 Å². The molecule has 1 unspecified atom stereocenters. The van der Waals surface area contributed by atoms with Gasteiger partial charge in [0, 0.05) is 75.6 Å². The molecule has 7 rings (SSSR count). The van der Waals surface area contributed by atoms with E-state index < -0.39 is 11.6 Å². The number of nitrogens with one attached hydrogen (secondary N) is 2. The van der Waals surface area contributed by atoms with E-state index in [0.29, 0.717) is 41.6 Å². The molecule has 4 heterocycles. The molecule has 0 radical (unpaired) electrons. The SMILES string of the molecule is CNC(=O)C(CCC=O)c1ccc(N2CCN(C)CC2)cc1.Cc1cc(-c2cnc(Nc3cnn(C4CCC4)c3)c3nccn23)c(F)cc1F. The van der Waals surface area contributed by atoms with Crippen molar-refractivity contribution >= 4 is 35.0 Å². The monoisotopic (exact) mass is 683 g/mol. The number of imidazole rings is 1. The standard InChI is InChI=1S/C20H18F2N6.C17H25N3O2/c1-12-7-15(17(22)8-16(12)21)18-10-24-19(20-23-5-6-27(18)20)26-13-9-25-28(11-13)14-3-2-4-14;1-18-17(22)16(4-3-13-21)14-5-7-15(8-6-14)20-11-9-19(2)10-12-20/h5-11,14H,2-4H2,1H3,(H,24,26);5-8,13,16H,3-4,9-12H2,1-2H3,(H,18,22). The van der Waals surface area contributed by atoms with E-state index in [1.165, 1.54) is 18.2 Å². The minimum Gasteiger partial charge on any atom is -0.369 e. The molecule has 0 bridgehead atoms. The van der Waals surface area contributed by atoms with Crippen molar-refractivity contribution in [3.05, 3.63) is 90.1 Å². The second-order valence-corrected chi connectivity index (χ2v) is 12.9. The number of hydrogen-bond acceptors (Lipinski definition) is 8. The lowest BCUT2D eigenvalue weighted by molar-refractivity contribution is -0.122. The lowest BCUT2D eigenvalue weighted by atomic mass is 9.93. The van der Waals surface area contributed by atoms with Crippen molar-refractivity contribution in [2.24, 2.45) is 0 Å². The molecular formula is C37H43F2N9O2. The molecule has 262 valence electrons. The van der Waals surface area contributed by atoms with Gasteiger partial charge >= 0.3 is 0 Å². The van der Waals surface area contributed by atoms with E-state index in [0.717, 1.165) is 62.6 Å². The minimum atomic E-state index is -0.637. The maximum atomic E-state index is 14.4. The number of aryl methyl sites for hydroxylation is 1. The van der Waals surface area contributed by atoms with Gasteiger partial charge in [-0.25, -0.2) is 18.7 Å². The molecule has 11 nitrogen and oxygen atoms in total. The summed E-state index contributed by atoms with van der Waals surface area (Å²) in [5.41, 5.74) is 4.69. The van der Waals surface area contributed by atoms with E-state index in [9.17, 15) is 18.4 Å². The highest BCUT2D eigenvalue weighted by molar-refractivity contribution is 5.83. The third-order valence-electron chi connectivity index (χ3n) is 9.57. The number of benzene rings is 2. The van der Waals surface area contributed by atoms with E-state index >= 15 is 0 Å². The lowest BCUT2D eigenvalue weighted by Crippen LogP contribution is -2.44. The summed E-state index contributed by atoms with van der Waals surface area (Å²) in [7, 11) is 3.77. The topological polar surface area (TPSA) is 113 Å². The van der Waals surface area contributed by atoms with E-state index in [1.54, 1.807) is 43.2 Å². The van der Waals surface area contributed by atoms with Crippen LogP contribution in [0, 0.1) is 18.6 Å². The van der Waals surface area contributed by atoms with E-state index in [4.69, 9.17) is 0 Å². The van der Waals surface area contributed by atoms with Gasteiger partial charge in [0.1, 0.15) is 17.9 Å². The number of halogens is 2. The molecule has 1 saturated heterocycles. The molecule has 1 atom stereocenters. The number of amides is 1. The second-order valence-electron chi connectivity index (χ2n) is 12.9. The largest absolute Gasteiger partial charge is 0.369 e. The molecule has 1 aliphatic heterocycles. The number of aromatic nitrogens is 5. The van der Waals surface area contributed by atoms with Crippen LogP contribution in [0.2, 0.25) is 0 Å². The second kappa shape index (κ2) is 15.6. The van der Waals surface area contributed by atoms with Crippen LogP contribution >= 0.6 is 0 Å². The molecule has 5 aromatic rings. The van der Waals surface area contributed by atoms with Gasteiger partial charge in [-0.05, 0) is 69.0 Å². The first-order valence-electron chi connectivity index (χ1n) is 17.0. The van der Waals surface area contributed by atoms with Gasteiger partial charge < -0.3 is 25.2 Å². The number of likely N-dealkylation sites (N-methyl/N-ethyl adjacent to an activating group) is 2. The number of anilines is 3. The smallest absolute Gasteiger partial charge is 0.227 e. The lowest BCUT2D eigenvalue weighted by Gasteiger charge is -2.34. The average molecular weight is 684 g/mol. The Morgan fingerprint density at radius 1 is 1.04 bits per heavy atom. The van der Waals surface area contributed by atoms with Crippen LogP contribution in [0.5, 0.6) is 0 Å². The highest BCUT2D eigenvalue weighted by Gasteiger charge is 2.22. The van der Waals surface area contributed by atoms with Crippen LogP contribution in [0.4, 0.5) is 26.0 Å². The summed E-state index contributed by atoms with van der Waals surface area (Å²) in [4.78, 5) is 36.1. The highest BCUT2D eigenvalue weighted by atomic mass is 19.1. The van der Waals surface area contributed by atoms with Crippen LogP contribution < -0.4 is 15.5 Å². The highest BCUT2D eigenvalue weighted by Crippen LogP contribution is 2.33. The maximum absolute atomic E-state index is 14.4. The zero-order chi connectivity index (χ0) is 35.2. The molecule has 50 heavy (non-hydrogen) atoms. The Bertz CT molecular complexity index is 1930. The van der Waals surface area contributed by atoms with Crippen LogP contribution in [0.1, 0.15) is 55.2 Å². The van der Waals surface area contributed by atoms with Crippen molar-refractivity contribution in [3.63, 3.8) is 0 Å². The normalized spacial score (nSPS) is 15.6. The van der Waals surface area contributed by atoms with Gasteiger partial charge in [-0.3, -0.25) is 13.9 Å². The third-order valence-corrected chi connectivity index (χ3v) is 9.57. The molecular weight excluding hydrogens is 640 g/mol. The minimum absolute atomic E-state index is 0.0332. The van der Waals surface area contributed by atoms with Crippen molar-refractivity contribution in [2.45, 2.75) is 51.0 Å². The Kier molecular flexibility index (Phi) is 10.8. The van der Waals surface area contributed by atoms with Crippen LogP contribution in [-0.2, 0) is 9.59 Å². The van der Waals surface area contributed by atoms with Gasteiger partial charge in [0.2, 0.25) is 5.91 Å². The predicted octanol–water partition coefficient (Wildman–Crippen LogP) is 5.90. The Morgan fingerprint density at radius 3 is 2.48 bits per heavy atom. The first-order valence-corrected chi connectivity index (χ1v) is 17.0. The third kappa shape index (κ3) is 7.67. The van der Waals surface area contributed by atoms with Crippen molar-refractivity contribution in [2.75, 3.05) is 50.5 Å². The summed E-state index contributed by atoms with van der Waals surface area (Å²) in [5.74, 6) is -0.952. The number of carbonyl (C=O) groups is 2. The molecule has 1 aliphatic carbocycles. The molecule has 2 aromatic carbocycles. The fourth-order valence-electron chi connectivity index (χ4n) is 6.29. The zero-order valence-corrected chi connectivity index (χ0v) is 28.6. The summed E-state index contributed by atoms with van der Waals surface area (Å²) < 4.78 is 31.7. The Labute approximate surface area is 290 Å². The Morgan fingerprint density at radius 2 is 1.80 bits per heavy atom. The van der Waals surface area contributed by atoms with E-state index in [2.05, 4.69) is 54.7 Å². The molecule has 2 N–H and O–H groups in total. The van der Waals surface area contributed by atoms with Gasteiger partial charge in [-0.15, -0.1) is 0 Å². The van der Waals surface area contributed by atoms with Gasteiger partial charge in [-0.1, -0.05) is 12.1 Å². The fourth-order valence-corrected chi connectivity index (χ4v) is 6.29. The molecule has 2 fully saturated rings. The summed E-state index contributed by atoms with van der Waals surface area (Å²) in [5, 5.41) is 10.3. The summed E-state index contributed by atoms with van der Waals surface area (Å²) >= 11 is 0. The molecule has 2 aliphatic rings. The van der Waals surface area contributed by atoms with Crippen molar-refractivity contribution in [3.8, 4) is 11.3 Å². The first kappa shape index (κ1) is 34.7. The van der Waals surface area contributed by atoms with Crippen LogP contribution in [0.15, 0.2) is 67.4 Å². The summed E-state index contributed by atoms with van der Waals surface area (Å²) in [6, 6.07) is 11.0. The number of piperazine rings is 1. The van der Waals surface area contributed by atoms with Gasteiger partial charge in [0.05, 0.1) is 35.7 Å². The molecule has 13 heteroatoms. The Hall–Kier alpha value is -5.17. The van der Waals surface area contributed by atoms with Gasteiger partial charge in [0.25, 0.3) is 0 Å². The zero-order valence-electron chi connectivity index (χ0n) is 28.6. The Balaban J connectivity index is 0.000000179. The first-order chi connectivity index (χ1) is 24.2. The fraction of sp³-hybridized carbons (Fsp3) is 0.378. The van der Waals surface area contributed by atoms with Crippen LogP contribution in [0.3, 0.4) is 0 Å². The maximum Gasteiger partial charge on any atom is 0.227 e. The number of aldehydes is 1. The number of fused-ring (bicyclic) bond motifs is 1. The van der Waals surface area contributed by atoms with Crippen LogP contribution in [0.25, 0.3) is 16.9 Å². The summed E-state index contributed by atoms with van der Waals surface area (Å²) in [6.45, 7) is 5.80. The molecule has 3 aromatic heterocycles. The number of rotatable bonds is 10. The van der Waals surface area contributed by atoms with Crippen molar-refractivity contribution in [1.29, 1.82) is 0 Å². The predicted molar refractivity (Wildman–Crippen MR) is 190 cm³/mol. The number of hydrogen-bond donors (Lipinski definition) is 2. The number of carbonyl (C=O) groups excluding carboxylic acids is 2. The number of nitrogens with zero attached hydrogens (tertiary/aromatic N) is 7.